The van der Waals surface area contributed by atoms with Crippen LogP contribution in [0.4, 0.5) is 16.2 Å². The molecule has 1 aromatic rings. The van der Waals surface area contributed by atoms with Crippen molar-refractivity contribution in [3.05, 3.63) is 38.8 Å². The van der Waals surface area contributed by atoms with Crippen molar-refractivity contribution in [1.82, 2.24) is 9.80 Å². The van der Waals surface area contributed by atoms with Gasteiger partial charge in [-0.15, -0.1) is 0 Å². The zero-order chi connectivity index (χ0) is 22.7. The predicted molar refractivity (Wildman–Crippen MR) is 116 cm³/mol. The largest absolute Gasteiger partial charge is 0.378 e. The zero-order valence-corrected chi connectivity index (χ0v) is 18.0. The van der Waals surface area contributed by atoms with E-state index in [2.05, 4.69) is 0 Å². The van der Waals surface area contributed by atoms with E-state index < -0.39 is 16.1 Å². The van der Waals surface area contributed by atoms with Crippen LogP contribution in [-0.2, 0) is 19.1 Å². The molecule has 4 rings (SSSR count). The van der Waals surface area contributed by atoms with Gasteiger partial charge in [-0.1, -0.05) is 6.07 Å². The molecule has 32 heavy (non-hydrogen) atoms. The van der Waals surface area contributed by atoms with Gasteiger partial charge in [0.15, 0.2) is 0 Å². The maximum atomic E-state index is 12.7. The van der Waals surface area contributed by atoms with E-state index in [4.69, 9.17) is 9.47 Å². The van der Waals surface area contributed by atoms with Crippen molar-refractivity contribution < 1.29 is 28.8 Å². The second-order valence-electron chi connectivity index (χ2n) is 7.37. The van der Waals surface area contributed by atoms with Crippen molar-refractivity contribution >= 4 is 46.3 Å². The highest BCUT2D eigenvalue weighted by atomic mass is 32.2. The van der Waals surface area contributed by atoms with Crippen molar-refractivity contribution in [2.24, 2.45) is 0 Å². The molecule has 0 aromatic heterocycles. The van der Waals surface area contributed by atoms with Gasteiger partial charge in [-0.3, -0.25) is 29.4 Å². The lowest BCUT2D eigenvalue weighted by Gasteiger charge is -2.28. The van der Waals surface area contributed by atoms with Gasteiger partial charge < -0.3 is 19.3 Å². The van der Waals surface area contributed by atoms with Crippen molar-refractivity contribution in [1.29, 1.82) is 0 Å². The number of thioether (sulfide) groups is 1. The molecule has 0 radical (unpaired) electrons. The van der Waals surface area contributed by atoms with Crippen LogP contribution in [0.2, 0.25) is 0 Å². The molecule has 3 fully saturated rings. The summed E-state index contributed by atoms with van der Waals surface area (Å²) in [5.74, 6) is -0.899. The van der Waals surface area contributed by atoms with Crippen molar-refractivity contribution in [3.63, 3.8) is 0 Å². The van der Waals surface area contributed by atoms with Crippen molar-refractivity contribution in [2.45, 2.75) is 0 Å². The van der Waals surface area contributed by atoms with Crippen LogP contribution < -0.4 is 4.90 Å². The molecule has 3 aliphatic rings. The third kappa shape index (κ3) is 4.76. The lowest BCUT2D eigenvalue weighted by atomic mass is 10.1. The number of nitro benzene ring substituents is 1. The Morgan fingerprint density at radius 1 is 1.09 bits per heavy atom. The standard InChI is InChI=1S/C20H22N4O7S/c25-18(22-5-9-31-10-6-22)13-23-19(26)17(32-20(23)27)12-14-1-2-15(16(11-14)24(28)29)21-3-7-30-8-4-21/h1-2,11-12H,3-10,13H2/b17-12-. The fourth-order valence-corrected chi connectivity index (χ4v) is 4.52. The van der Waals surface area contributed by atoms with E-state index in [0.717, 1.165) is 16.7 Å². The average molecular weight is 462 g/mol. The molecule has 170 valence electrons. The number of benzene rings is 1. The van der Waals surface area contributed by atoms with E-state index in [9.17, 15) is 24.5 Å². The molecule has 11 nitrogen and oxygen atoms in total. The van der Waals surface area contributed by atoms with E-state index >= 15 is 0 Å². The first-order valence-electron chi connectivity index (χ1n) is 10.2. The molecule has 3 aliphatic heterocycles. The van der Waals surface area contributed by atoms with Crippen LogP contribution >= 0.6 is 11.8 Å². The number of carbonyl (C=O) groups excluding carboxylic acids is 3. The van der Waals surface area contributed by atoms with E-state index in [-0.39, 0.29) is 23.0 Å². The summed E-state index contributed by atoms with van der Waals surface area (Å²) in [5.41, 5.74) is 0.834. The fourth-order valence-electron chi connectivity index (χ4n) is 3.68. The third-order valence-corrected chi connectivity index (χ3v) is 6.28. The Kier molecular flexibility index (Phi) is 6.72. The Hall–Kier alpha value is -2.96. The molecule has 0 saturated carbocycles. The number of ether oxygens (including phenoxy) is 2. The summed E-state index contributed by atoms with van der Waals surface area (Å²) in [6.07, 6.45) is 1.44. The number of nitro groups is 1. The number of hydrogen-bond donors (Lipinski definition) is 0. The van der Waals surface area contributed by atoms with Gasteiger partial charge in [-0.25, -0.2) is 0 Å². The number of amides is 3. The Bertz CT molecular complexity index is 971. The molecule has 0 aliphatic carbocycles. The summed E-state index contributed by atoms with van der Waals surface area (Å²) in [6.45, 7) is 3.45. The number of anilines is 1. The zero-order valence-electron chi connectivity index (χ0n) is 17.2. The highest BCUT2D eigenvalue weighted by Gasteiger charge is 2.37. The molecule has 0 N–H and O–H groups in total. The first-order valence-corrected chi connectivity index (χ1v) is 11.0. The van der Waals surface area contributed by atoms with Gasteiger partial charge in [-0.05, 0) is 29.5 Å². The molecular formula is C20H22N4O7S. The van der Waals surface area contributed by atoms with E-state index in [0.29, 0.717) is 63.9 Å². The van der Waals surface area contributed by atoms with Crippen LogP contribution in [0.5, 0.6) is 0 Å². The fraction of sp³-hybridized carbons (Fsp3) is 0.450. The second kappa shape index (κ2) is 9.67. The topological polar surface area (TPSA) is 123 Å². The smallest absolute Gasteiger partial charge is 0.294 e. The first kappa shape index (κ1) is 22.2. The van der Waals surface area contributed by atoms with Crippen LogP contribution in [0.1, 0.15) is 5.56 Å². The lowest BCUT2D eigenvalue weighted by molar-refractivity contribution is -0.384. The highest BCUT2D eigenvalue weighted by Crippen LogP contribution is 2.35. The summed E-state index contributed by atoms with van der Waals surface area (Å²) < 4.78 is 10.5. The number of imide groups is 1. The number of carbonyl (C=O) groups is 3. The van der Waals surface area contributed by atoms with Crippen molar-refractivity contribution in [3.8, 4) is 0 Å². The Balaban J connectivity index is 1.51. The van der Waals surface area contributed by atoms with Crippen LogP contribution in [-0.4, -0.2) is 90.9 Å². The minimum atomic E-state index is -0.582. The number of nitrogens with zero attached hydrogens (tertiary/aromatic N) is 4. The summed E-state index contributed by atoms with van der Waals surface area (Å²) in [6, 6.07) is 4.70. The van der Waals surface area contributed by atoms with E-state index in [1.165, 1.54) is 12.1 Å². The van der Waals surface area contributed by atoms with Gasteiger partial charge in [0.05, 0.1) is 36.3 Å². The first-order chi connectivity index (χ1) is 15.4. The normalized spacial score (nSPS) is 20.9. The quantitative estimate of drug-likeness (QED) is 0.362. The van der Waals surface area contributed by atoms with Crippen LogP contribution in [0.3, 0.4) is 0 Å². The third-order valence-electron chi connectivity index (χ3n) is 5.38. The van der Waals surface area contributed by atoms with Gasteiger partial charge in [0.1, 0.15) is 12.2 Å². The van der Waals surface area contributed by atoms with Gasteiger partial charge in [0.25, 0.3) is 16.8 Å². The number of hydrogen-bond acceptors (Lipinski definition) is 9. The number of rotatable bonds is 5. The average Bonchev–Trinajstić information content (AvgIpc) is 3.07. The van der Waals surface area contributed by atoms with Crippen LogP contribution in [0.15, 0.2) is 23.1 Å². The second-order valence-corrected chi connectivity index (χ2v) is 8.36. The molecule has 0 bridgehead atoms. The molecule has 0 unspecified atom stereocenters. The minimum absolute atomic E-state index is 0.0811. The van der Waals surface area contributed by atoms with Crippen LogP contribution in [0, 0.1) is 10.1 Å². The number of morpholine rings is 2. The minimum Gasteiger partial charge on any atom is -0.378 e. The lowest BCUT2D eigenvalue weighted by Crippen LogP contribution is -2.46. The molecule has 3 heterocycles. The summed E-state index contributed by atoms with van der Waals surface area (Å²) >= 11 is 0.718. The summed E-state index contributed by atoms with van der Waals surface area (Å²) in [4.78, 5) is 53.2. The monoisotopic (exact) mass is 462 g/mol. The maximum absolute atomic E-state index is 12.7. The molecular weight excluding hydrogens is 440 g/mol. The van der Waals surface area contributed by atoms with E-state index in [1.807, 2.05) is 4.90 Å². The molecule has 0 atom stereocenters. The molecule has 3 amide bonds. The van der Waals surface area contributed by atoms with Crippen LogP contribution in [0.25, 0.3) is 6.08 Å². The Labute approximate surface area is 188 Å². The molecule has 12 heteroatoms. The SMILES string of the molecule is O=C(CN1C(=O)S/C(=C\c2ccc(N3CCOCC3)c([N+](=O)[O-])c2)C1=O)N1CCOCC1. The molecule has 1 aromatic carbocycles. The van der Waals surface area contributed by atoms with Gasteiger partial charge in [-0.2, -0.15) is 0 Å². The van der Waals surface area contributed by atoms with Gasteiger partial charge in [0.2, 0.25) is 5.91 Å². The summed E-state index contributed by atoms with van der Waals surface area (Å²) in [7, 11) is 0. The Morgan fingerprint density at radius 2 is 1.75 bits per heavy atom. The maximum Gasteiger partial charge on any atom is 0.294 e. The Morgan fingerprint density at radius 3 is 2.41 bits per heavy atom. The highest BCUT2D eigenvalue weighted by molar-refractivity contribution is 8.18. The van der Waals surface area contributed by atoms with Gasteiger partial charge >= 0.3 is 0 Å². The molecule has 3 saturated heterocycles. The van der Waals surface area contributed by atoms with E-state index in [1.54, 1.807) is 17.0 Å². The molecule has 0 spiro atoms. The summed E-state index contributed by atoms with van der Waals surface area (Å²) in [5, 5.41) is 11.1. The van der Waals surface area contributed by atoms with Crippen molar-refractivity contribution in [2.75, 3.05) is 64.1 Å². The van der Waals surface area contributed by atoms with Gasteiger partial charge in [0, 0.05) is 32.2 Å². The predicted octanol–water partition coefficient (Wildman–Crippen LogP) is 1.33.